The first kappa shape index (κ1) is 38.5. The van der Waals surface area contributed by atoms with Crippen molar-refractivity contribution < 1.29 is 0 Å². The lowest BCUT2D eigenvalue weighted by atomic mass is 9.95. The quantitative estimate of drug-likeness (QED) is 0.160. The average molecular weight is 852 g/mol. The lowest BCUT2D eigenvalue weighted by Crippen LogP contribution is -1.96. The first-order chi connectivity index (χ1) is 33.2. The molecule has 0 N–H and O–H groups in total. The number of aromatic nitrogens is 3. The molecule has 2 heterocycles. The summed E-state index contributed by atoms with van der Waals surface area (Å²) in [6.07, 6.45) is 0. The fourth-order valence-electron chi connectivity index (χ4n) is 10.1. The number of nitrogens with zero attached hydrogens (tertiary/aromatic N) is 3. The van der Waals surface area contributed by atoms with Gasteiger partial charge < -0.3 is 4.57 Å². The molecular formula is C64H41N3. The molecule has 0 spiro atoms. The molecule has 0 aliphatic heterocycles. The zero-order valence-electron chi connectivity index (χ0n) is 36.5. The Hall–Kier alpha value is -8.92. The molecule has 2 aromatic heterocycles. The van der Waals surface area contributed by atoms with E-state index in [1.807, 2.05) is 18.2 Å². The van der Waals surface area contributed by atoms with Crippen LogP contribution in [0, 0.1) is 0 Å². The van der Waals surface area contributed by atoms with Gasteiger partial charge in [0, 0.05) is 33.2 Å². The van der Waals surface area contributed by atoms with Gasteiger partial charge >= 0.3 is 0 Å². The van der Waals surface area contributed by atoms with E-state index in [-0.39, 0.29) is 0 Å². The van der Waals surface area contributed by atoms with Crippen LogP contribution in [0.3, 0.4) is 0 Å². The summed E-state index contributed by atoms with van der Waals surface area (Å²) < 4.78 is 2.42. The molecule has 312 valence electrons. The largest absolute Gasteiger partial charge is 0.309 e. The van der Waals surface area contributed by atoms with Gasteiger partial charge in [0.2, 0.25) is 0 Å². The van der Waals surface area contributed by atoms with E-state index in [0.717, 1.165) is 44.9 Å². The topological polar surface area (TPSA) is 30.7 Å². The molecule has 0 bridgehead atoms. The summed E-state index contributed by atoms with van der Waals surface area (Å²) in [5.74, 6) is 0.709. The standard InChI is InChI=1S/C64H41N3/c1-2-16-48(17-3-1)64-65-60(41-61(66-64)57-26-12-20-46-15-6-9-23-54(46)57)47-29-27-42(28-30-47)43-31-35-51(36-32-43)67-62-37-33-49(55-24-10-18-44-13-4-7-21-52(44)55)39-58(62)59-40-50(34-38-63(59)67)56-25-11-19-45-14-5-8-22-53(45)56/h1-41H. The highest BCUT2D eigenvalue weighted by Gasteiger charge is 2.17. The average Bonchev–Trinajstić information content (AvgIpc) is 3.73. The van der Waals surface area contributed by atoms with Crippen LogP contribution in [-0.2, 0) is 0 Å². The highest BCUT2D eigenvalue weighted by atomic mass is 15.0. The number of benzene rings is 11. The predicted octanol–water partition coefficient (Wildman–Crippen LogP) is 17.0. The van der Waals surface area contributed by atoms with Gasteiger partial charge in [0.15, 0.2) is 5.82 Å². The van der Waals surface area contributed by atoms with Crippen molar-refractivity contribution in [3.8, 4) is 73.0 Å². The van der Waals surface area contributed by atoms with E-state index in [0.29, 0.717) is 5.82 Å². The molecule has 0 radical (unpaired) electrons. The van der Waals surface area contributed by atoms with E-state index in [1.54, 1.807) is 0 Å². The third kappa shape index (κ3) is 6.76. The molecule has 0 saturated heterocycles. The molecule has 0 atom stereocenters. The molecule has 3 heteroatoms. The summed E-state index contributed by atoms with van der Waals surface area (Å²) in [6.45, 7) is 0. The van der Waals surface area contributed by atoms with Crippen molar-refractivity contribution in [2.24, 2.45) is 0 Å². The highest BCUT2D eigenvalue weighted by molar-refractivity contribution is 6.13. The summed E-state index contributed by atoms with van der Waals surface area (Å²) in [6, 6.07) is 89.6. The second kappa shape index (κ2) is 16.0. The first-order valence-electron chi connectivity index (χ1n) is 22.9. The van der Waals surface area contributed by atoms with Crippen LogP contribution in [0.4, 0.5) is 0 Å². The van der Waals surface area contributed by atoms with E-state index in [4.69, 9.17) is 9.97 Å². The van der Waals surface area contributed by atoms with E-state index in [2.05, 4.69) is 235 Å². The van der Waals surface area contributed by atoms with Gasteiger partial charge in [0.05, 0.1) is 22.4 Å². The van der Waals surface area contributed by atoms with Crippen LogP contribution in [0.25, 0.3) is 127 Å². The molecule has 13 rings (SSSR count). The van der Waals surface area contributed by atoms with Gasteiger partial charge in [-0.25, -0.2) is 9.97 Å². The molecule has 0 aliphatic rings. The Kier molecular flexibility index (Phi) is 9.17. The molecule has 0 aliphatic carbocycles. The van der Waals surface area contributed by atoms with Crippen LogP contribution < -0.4 is 0 Å². The predicted molar refractivity (Wildman–Crippen MR) is 282 cm³/mol. The molecule has 0 fully saturated rings. The number of hydrogen-bond acceptors (Lipinski definition) is 2. The van der Waals surface area contributed by atoms with Crippen molar-refractivity contribution in [3.05, 3.63) is 249 Å². The Morgan fingerprint density at radius 3 is 1.22 bits per heavy atom. The SMILES string of the molecule is c1ccc(-c2nc(-c3ccc(-c4ccc(-n5c6ccc(-c7cccc8ccccc78)cc6c6cc(-c7cccc8ccccc78)ccc65)cc4)cc3)cc(-c3cccc4ccccc34)n2)cc1. The molecule has 3 nitrogen and oxygen atoms in total. The summed E-state index contributed by atoms with van der Waals surface area (Å²) >= 11 is 0. The van der Waals surface area contributed by atoms with E-state index >= 15 is 0 Å². The maximum absolute atomic E-state index is 5.13. The Morgan fingerprint density at radius 2 is 0.672 bits per heavy atom. The summed E-state index contributed by atoms with van der Waals surface area (Å²) in [4.78, 5) is 10.3. The highest BCUT2D eigenvalue weighted by Crippen LogP contribution is 2.40. The van der Waals surface area contributed by atoms with E-state index in [1.165, 1.54) is 76.4 Å². The fraction of sp³-hybridized carbons (Fsp3) is 0. The second-order valence-corrected chi connectivity index (χ2v) is 17.3. The smallest absolute Gasteiger partial charge is 0.160 e. The number of rotatable bonds is 7. The van der Waals surface area contributed by atoms with Crippen molar-refractivity contribution in [2.75, 3.05) is 0 Å². The van der Waals surface area contributed by atoms with Crippen LogP contribution in [0.15, 0.2) is 249 Å². The van der Waals surface area contributed by atoms with Gasteiger partial charge in [-0.2, -0.15) is 0 Å². The van der Waals surface area contributed by atoms with Crippen LogP contribution in [0.2, 0.25) is 0 Å². The number of hydrogen-bond donors (Lipinski definition) is 0. The summed E-state index contributed by atoms with van der Waals surface area (Å²) in [5, 5.41) is 9.81. The molecule has 0 saturated carbocycles. The van der Waals surface area contributed by atoms with Gasteiger partial charge in [-0.3, -0.25) is 0 Å². The minimum absolute atomic E-state index is 0.709. The molecule has 11 aromatic carbocycles. The normalized spacial score (nSPS) is 11.6. The Bertz CT molecular complexity index is 3860. The molecule has 67 heavy (non-hydrogen) atoms. The molecular weight excluding hydrogens is 811 g/mol. The first-order valence-corrected chi connectivity index (χ1v) is 22.9. The van der Waals surface area contributed by atoms with Crippen LogP contribution >= 0.6 is 0 Å². The van der Waals surface area contributed by atoms with Gasteiger partial charge in [-0.15, -0.1) is 0 Å². The monoisotopic (exact) mass is 851 g/mol. The van der Waals surface area contributed by atoms with Crippen molar-refractivity contribution in [2.45, 2.75) is 0 Å². The lowest BCUT2D eigenvalue weighted by molar-refractivity contribution is 1.18. The number of fused-ring (bicyclic) bond motifs is 6. The van der Waals surface area contributed by atoms with Crippen LogP contribution in [0.1, 0.15) is 0 Å². The zero-order chi connectivity index (χ0) is 44.3. The summed E-state index contributed by atoms with van der Waals surface area (Å²) in [7, 11) is 0. The van der Waals surface area contributed by atoms with Gasteiger partial charge in [-0.1, -0.05) is 206 Å². The van der Waals surface area contributed by atoms with Crippen molar-refractivity contribution in [1.82, 2.24) is 14.5 Å². The van der Waals surface area contributed by atoms with E-state index in [9.17, 15) is 0 Å². The van der Waals surface area contributed by atoms with Crippen LogP contribution in [-0.4, -0.2) is 14.5 Å². The Labute approximate surface area is 388 Å². The third-order valence-corrected chi connectivity index (χ3v) is 13.4. The van der Waals surface area contributed by atoms with Gasteiger partial charge in [0.25, 0.3) is 0 Å². The molecule has 13 aromatic rings. The second-order valence-electron chi connectivity index (χ2n) is 17.3. The summed E-state index contributed by atoms with van der Waals surface area (Å²) in [5.41, 5.74) is 15.6. The van der Waals surface area contributed by atoms with Crippen molar-refractivity contribution >= 4 is 54.1 Å². The minimum Gasteiger partial charge on any atom is -0.309 e. The van der Waals surface area contributed by atoms with Gasteiger partial charge in [0.1, 0.15) is 0 Å². The van der Waals surface area contributed by atoms with E-state index < -0.39 is 0 Å². The molecule has 0 unspecified atom stereocenters. The lowest BCUT2D eigenvalue weighted by Gasteiger charge is -2.12. The van der Waals surface area contributed by atoms with Crippen LogP contribution in [0.5, 0.6) is 0 Å². The molecule has 0 amide bonds. The maximum atomic E-state index is 5.13. The van der Waals surface area contributed by atoms with Crippen molar-refractivity contribution in [3.63, 3.8) is 0 Å². The Morgan fingerprint density at radius 1 is 0.254 bits per heavy atom. The third-order valence-electron chi connectivity index (χ3n) is 13.4. The zero-order valence-corrected chi connectivity index (χ0v) is 36.5. The fourth-order valence-corrected chi connectivity index (χ4v) is 10.1. The van der Waals surface area contributed by atoms with Crippen molar-refractivity contribution in [1.29, 1.82) is 0 Å². The Balaban J connectivity index is 0.893. The maximum Gasteiger partial charge on any atom is 0.160 e. The van der Waals surface area contributed by atoms with Gasteiger partial charge in [-0.05, 0) is 108 Å². The minimum atomic E-state index is 0.709.